The number of carbonyl (C=O) groups excluding carboxylic acids is 1. The summed E-state index contributed by atoms with van der Waals surface area (Å²) in [5.74, 6) is -11.0. The first-order chi connectivity index (χ1) is 12.8. The number of ketones is 1. The van der Waals surface area contributed by atoms with Crippen LogP contribution in [0.3, 0.4) is 0 Å². The summed E-state index contributed by atoms with van der Waals surface area (Å²) in [4.78, 5) is 13.5. The molecule has 1 aliphatic carbocycles. The molecule has 0 spiro atoms. The van der Waals surface area contributed by atoms with Gasteiger partial charge in [0.1, 0.15) is 0 Å². The first-order valence-corrected chi connectivity index (χ1v) is 9.40. The number of Topliss-reactive ketones (excluding diaryl/α,β-unsaturated/α-hetero) is 1. The first kappa shape index (κ1) is 23.3. The Morgan fingerprint density at radius 1 is 0.483 bits per heavy atom. The maximum atomic E-state index is 14.7. The quantitative estimate of drug-likeness (QED) is 0.271. The van der Waals surface area contributed by atoms with Crippen molar-refractivity contribution in [2.24, 2.45) is 16.2 Å². The molecule has 1 aromatic rings. The van der Waals surface area contributed by atoms with Gasteiger partial charge in [-0.15, -0.1) is 0 Å². The summed E-state index contributed by atoms with van der Waals surface area (Å²) in [6.07, 6.45) is 0. The van der Waals surface area contributed by atoms with Crippen molar-refractivity contribution in [2.45, 2.75) is 62.3 Å². The third kappa shape index (κ3) is 3.66. The van der Waals surface area contributed by atoms with Gasteiger partial charge in [-0.2, -0.15) is 0 Å². The largest absolute Gasteiger partial charge is 0.289 e. The highest BCUT2D eigenvalue weighted by atomic mass is 19.2. The fourth-order valence-corrected chi connectivity index (χ4v) is 3.88. The van der Waals surface area contributed by atoms with E-state index in [9.17, 15) is 26.7 Å². The second kappa shape index (κ2) is 6.78. The third-order valence-electron chi connectivity index (χ3n) is 4.91. The van der Waals surface area contributed by atoms with E-state index in [0.29, 0.717) is 16.7 Å². The van der Waals surface area contributed by atoms with E-state index in [1.54, 1.807) is 41.5 Å². The fourth-order valence-electron chi connectivity index (χ4n) is 3.88. The third-order valence-corrected chi connectivity index (χ3v) is 4.91. The van der Waals surface area contributed by atoms with Crippen molar-refractivity contribution >= 4 is 11.4 Å². The summed E-state index contributed by atoms with van der Waals surface area (Å²) >= 11 is 0. The monoisotopic (exact) mass is 414 g/mol. The predicted molar refractivity (Wildman–Crippen MR) is 104 cm³/mol. The number of hydrogen-bond acceptors (Lipinski definition) is 1. The standard InChI is InChI=1S/C23H27F5O/c1-21(2,3)12-10(11-15(24)17(26)19(28)18(27)16(11)25)20(29)14(23(7,8)9)13(12)22(4,5)6/h1-9H3. The summed E-state index contributed by atoms with van der Waals surface area (Å²) in [5, 5.41) is 0. The molecule has 0 aromatic heterocycles. The van der Waals surface area contributed by atoms with Crippen molar-refractivity contribution in [1.29, 1.82) is 0 Å². The van der Waals surface area contributed by atoms with Crippen molar-refractivity contribution < 1.29 is 26.7 Å². The topological polar surface area (TPSA) is 17.1 Å². The molecule has 1 aliphatic rings. The van der Waals surface area contributed by atoms with Gasteiger partial charge in [-0.05, 0) is 27.4 Å². The zero-order valence-corrected chi connectivity index (χ0v) is 18.3. The molecule has 0 aliphatic heterocycles. The Morgan fingerprint density at radius 3 is 1.10 bits per heavy atom. The van der Waals surface area contributed by atoms with Crippen LogP contribution in [0.4, 0.5) is 22.0 Å². The van der Waals surface area contributed by atoms with E-state index in [-0.39, 0.29) is 0 Å². The van der Waals surface area contributed by atoms with Crippen LogP contribution in [0, 0.1) is 45.3 Å². The van der Waals surface area contributed by atoms with Gasteiger partial charge >= 0.3 is 0 Å². The average molecular weight is 414 g/mol. The lowest BCUT2D eigenvalue weighted by Gasteiger charge is -2.34. The lowest BCUT2D eigenvalue weighted by atomic mass is 9.69. The SMILES string of the molecule is CC(C)(C)C1=C(c2c(F)c(F)c(F)c(F)c2F)C(=O)C(C(C)(C)C)=C1C(C)(C)C. The average Bonchev–Trinajstić information content (AvgIpc) is 2.85. The van der Waals surface area contributed by atoms with Crippen LogP contribution >= 0.6 is 0 Å². The molecule has 0 radical (unpaired) electrons. The zero-order chi connectivity index (χ0) is 22.9. The molecule has 0 saturated carbocycles. The summed E-state index contributed by atoms with van der Waals surface area (Å²) in [5.41, 5.74) is -2.48. The van der Waals surface area contributed by atoms with E-state index >= 15 is 0 Å². The maximum Gasteiger partial charge on any atom is 0.200 e. The Balaban J connectivity index is 3.13. The van der Waals surface area contributed by atoms with Crippen molar-refractivity contribution in [3.05, 3.63) is 51.4 Å². The molecule has 0 bridgehead atoms. The van der Waals surface area contributed by atoms with E-state index in [1.807, 2.05) is 20.8 Å². The Hall–Kier alpha value is -1.98. The lowest BCUT2D eigenvalue weighted by molar-refractivity contribution is -0.111. The Morgan fingerprint density at radius 2 is 0.793 bits per heavy atom. The van der Waals surface area contributed by atoms with Crippen molar-refractivity contribution in [2.75, 3.05) is 0 Å². The minimum Gasteiger partial charge on any atom is -0.289 e. The molecule has 0 fully saturated rings. The van der Waals surface area contributed by atoms with Crippen molar-refractivity contribution in [3.63, 3.8) is 0 Å². The van der Waals surface area contributed by atoms with Gasteiger partial charge in [0.15, 0.2) is 29.1 Å². The minimum absolute atomic E-state index is 0.308. The highest BCUT2D eigenvalue weighted by Crippen LogP contribution is 2.55. The van der Waals surface area contributed by atoms with Crippen LogP contribution in [0.5, 0.6) is 0 Å². The maximum absolute atomic E-state index is 14.7. The smallest absolute Gasteiger partial charge is 0.200 e. The summed E-state index contributed by atoms with van der Waals surface area (Å²) < 4.78 is 70.9. The van der Waals surface area contributed by atoms with Crippen LogP contribution in [-0.4, -0.2) is 5.78 Å². The van der Waals surface area contributed by atoms with Crippen LogP contribution in [-0.2, 0) is 4.79 Å². The lowest BCUT2D eigenvalue weighted by Crippen LogP contribution is -2.24. The molecule has 6 heteroatoms. The van der Waals surface area contributed by atoms with Gasteiger partial charge < -0.3 is 0 Å². The van der Waals surface area contributed by atoms with E-state index in [1.165, 1.54) is 0 Å². The number of carbonyl (C=O) groups is 1. The summed E-state index contributed by atoms with van der Waals surface area (Å²) in [7, 11) is 0. The number of benzene rings is 1. The molecule has 2 rings (SSSR count). The summed E-state index contributed by atoms with van der Waals surface area (Å²) in [6, 6.07) is 0. The Kier molecular flexibility index (Phi) is 5.45. The van der Waals surface area contributed by atoms with E-state index in [2.05, 4.69) is 0 Å². The molecule has 160 valence electrons. The molecule has 0 amide bonds. The Bertz CT molecular complexity index is 932. The van der Waals surface area contributed by atoms with Gasteiger partial charge in [0.05, 0.1) is 5.56 Å². The van der Waals surface area contributed by atoms with Crippen molar-refractivity contribution in [3.8, 4) is 0 Å². The number of allylic oxidation sites excluding steroid dienone is 4. The van der Waals surface area contributed by atoms with Crippen LogP contribution in [0.1, 0.15) is 67.9 Å². The fraction of sp³-hybridized carbons (Fsp3) is 0.522. The predicted octanol–water partition coefficient (Wildman–Crippen LogP) is 7.15. The van der Waals surface area contributed by atoms with Gasteiger partial charge in [-0.1, -0.05) is 62.3 Å². The molecule has 0 unspecified atom stereocenters. The molecule has 0 atom stereocenters. The number of rotatable bonds is 1. The second-order valence-corrected chi connectivity index (χ2v) is 10.5. The highest BCUT2D eigenvalue weighted by molar-refractivity contribution is 6.34. The summed E-state index contributed by atoms with van der Waals surface area (Å²) in [6.45, 7) is 16.2. The van der Waals surface area contributed by atoms with Crippen LogP contribution < -0.4 is 0 Å². The van der Waals surface area contributed by atoms with Gasteiger partial charge in [-0.25, -0.2) is 22.0 Å². The van der Waals surface area contributed by atoms with Crippen LogP contribution in [0.2, 0.25) is 0 Å². The molecule has 1 aromatic carbocycles. The highest BCUT2D eigenvalue weighted by Gasteiger charge is 2.47. The molecule has 0 N–H and O–H groups in total. The molecule has 0 heterocycles. The molecular weight excluding hydrogens is 387 g/mol. The molecular formula is C23H27F5O. The zero-order valence-electron chi connectivity index (χ0n) is 18.3. The second-order valence-electron chi connectivity index (χ2n) is 10.5. The van der Waals surface area contributed by atoms with Gasteiger partial charge in [0.25, 0.3) is 0 Å². The van der Waals surface area contributed by atoms with Crippen LogP contribution in [0.15, 0.2) is 16.7 Å². The van der Waals surface area contributed by atoms with Gasteiger partial charge in [-0.3, -0.25) is 4.79 Å². The molecule has 29 heavy (non-hydrogen) atoms. The number of hydrogen-bond donors (Lipinski definition) is 0. The Labute approximate surface area is 168 Å². The number of halogens is 5. The first-order valence-electron chi connectivity index (χ1n) is 9.40. The van der Waals surface area contributed by atoms with Gasteiger partial charge in [0, 0.05) is 11.1 Å². The normalized spacial score (nSPS) is 16.4. The van der Waals surface area contributed by atoms with Crippen LogP contribution in [0.25, 0.3) is 5.57 Å². The van der Waals surface area contributed by atoms with E-state index < -0.39 is 62.3 Å². The van der Waals surface area contributed by atoms with E-state index in [4.69, 9.17) is 0 Å². The molecule has 0 saturated heterocycles. The molecule has 1 nitrogen and oxygen atoms in total. The minimum atomic E-state index is -2.24. The van der Waals surface area contributed by atoms with Crippen molar-refractivity contribution in [1.82, 2.24) is 0 Å². The van der Waals surface area contributed by atoms with Gasteiger partial charge in [0.2, 0.25) is 5.82 Å². The van der Waals surface area contributed by atoms with E-state index in [0.717, 1.165) is 0 Å².